The predicted octanol–water partition coefficient (Wildman–Crippen LogP) is 3.00. The Morgan fingerprint density at radius 1 is 1.15 bits per heavy atom. The van der Waals surface area contributed by atoms with E-state index in [1.165, 1.54) is 5.69 Å². The van der Waals surface area contributed by atoms with Gasteiger partial charge >= 0.3 is 0 Å². The fourth-order valence-electron chi connectivity index (χ4n) is 3.55. The summed E-state index contributed by atoms with van der Waals surface area (Å²) in [5.41, 5.74) is 3.96. The summed E-state index contributed by atoms with van der Waals surface area (Å²) < 4.78 is 1.67. The first-order valence-corrected chi connectivity index (χ1v) is 8.96. The van der Waals surface area contributed by atoms with Gasteiger partial charge in [0.2, 0.25) is 0 Å². The van der Waals surface area contributed by atoms with Gasteiger partial charge in [0.1, 0.15) is 18.5 Å². The molecule has 3 aromatic heterocycles. The fraction of sp³-hybridized carbons (Fsp3) is 0.158. The Hall–Kier alpha value is -3.19. The van der Waals surface area contributed by atoms with Crippen molar-refractivity contribution in [2.75, 3.05) is 6.54 Å². The number of rotatable bonds is 2. The lowest BCUT2D eigenvalue weighted by atomic mass is 10.0. The minimum Gasteiger partial charge on any atom is -0.358 e. The zero-order chi connectivity index (χ0) is 18.4. The van der Waals surface area contributed by atoms with Crippen LogP contribution in [0.5, 0.6) is 0 Å². The molecule has 7 nitrogen and oxygen atoms in total. The molecule has 0 bridgehead atoms. The molecule has 1 aliphatic rings. The SMILES string of the molecule is O=C(c1ccnc(-n2cnnc2)c1)N1CCc2[nH]c3ccc(Cl)cc3c2C1. The lowest BCUT2D eigenvalue weighted by molar-refractivity contribution is 0.0735. The van der Waals surface area contributed by atoms with E-state index in [1.54, 1.807) is 35.6 Å². The summed E-state index contributed by atoms with van der Waals surface area (Å²) in [7, 11) is 0. The molecule has 5 rings (SSSR count). The Kier molecular flexibility index (Phi) is 3.68. The van der Waals surface area contributed by atoms with E-state index in [9.17, 15) is 4.79 Å². The molecular formula is C19H15ClN6O. The quantitative estimate of drug-likeness (QED) is 0.581. The normalized spacial score (nSPS) is 13.7. The average Bonchev–Trinajstić information content (AvgIpc) is 3.35. The second-order valence-corrected chi connectivity index (χ2v) is 6.96. The molecule has 0 saturated heterocycles. The lowest BCUT2D eigenvalue weighted by Gasteiger charge is -2.27. The van der Waals surface area contributed by atoms with Crippen molar-refractivity contribution in [1.29, 1.82) is 0 Å². The Labute approximate surface area is 159 Å². The second-order valence-electron chi connectivity index (χ2n) is 6.52. The number of carbonyl (C=O) groups is 1. The number of hydrogen-bond acceptors (Lipinski definition) is 4. The predicted molar refractivity (Wildman–Crippen MR) is 101 cm³/mol. The van der Waals surface area contributed by atoms with Crippen molar-refractivity contribution < 1.29 is 4.79 Å². The highest BCUT2D eigenvalue weighted by atomic mass is 35.5. The van der Waals surface area contributed by atoms with Crippen LogP contribution in [0, 0.1) is 0 Å². The summed E-state index contributed by atoms with van der Waals surface area (Å²) in [5.74, 6) is 0.594. The number of H-pyrrole nitrogens is 1. The number of amides is 1. The number of nitrogens with one attached hydrogen (secondary N) is 1. The number of carbonyl (C=O) groups excluding carboxylic acids is 1. The van der Waals surface area contributed by atoms with Crippen molar-refractivity contribution in [3.63, 3.8) is 0 Å². The van der Waals surface area contributed by atoms with Gasteiger partial charge < -0.3 is 9.88 Å². The molecule has 4 heterocycles. The molecule has 0 radical (unpaired) electrons. The van der Waals surface area contributed by atoms with E-state index in [4.69, 9.17) is 11.6 Å². The van der Waals surface area contributed by atoms with Gasteiger partial charge in [-0.25, -0.2) is 4.98 Å². The van der Waals surface area contributed by atoms with E-state index >= 15 is 0 Å². The number of pyridine rings is 1. The molecule has 0 spiro atoms. The molecule has 0 fully saturated rings. The van der Waals surface area contributed by atoms with Crippen molar-refractivity contribution >= 4 is 28.4 Å². The van der Waals surface area contributed by atoms with Crippen LogP contribution in [0.2, 0.25) is 5.02 Å². The average molecular weight is 379 g/mol. The molecule has 1 aromatic carbocycles. The highest BCUT2D eigenvalue weighted by molar-refractivity contribution is 6.31. The fourth-order valence-corrected chi connectivity index (χ4v) is 3.73. The first-order chi connectivity index (χ1) is 13.2. The Bertz CT molecular complexity index is 1150. The van der Waals surface area contributed by atoms with Crippen LogP contribution >= 0.6 is 11.6 Å². The van der Waals surface area contributed by atoms with E-state index in [2.05, 4.69) is 20.2 Å². The number of nitrogens with zero attached hydrogens (tertiary/aromatic N) is 5. The molecule has 27 heavy (non-hydrogen) atoms. The molecule has 0 saturated carbocycles. The van der Waals surface area contributed by atoms with Crippen LogP contribution in [0.1, 0.15) is 21.6 Å². The van der Waals surface area contributed by atoms with Crippen LogP contribution in [-0.2, 0) is 13.0 Å². The third-order valence-corrected chi connectivity index (χ3v) is 5.14. The smallest absolute Gasteiger partial charge is 0.254 e. The summed E-state index contributed by atoms with van der Waals surface area (Å²) >= 11 is 6.17. The highest BCUT2D eigenvalue weighted by Crippen LogP contribution is 2.30. The van der Waals surface area contributed by atoms with Crippen molar-refractivity contribution in [3.8, 4) is 5.82 Å². The standard InChI is InChI=1S/C19H15ClN6O/c20-13-1-2-16-14(8-13)15-9-25(6-4-17(15)24-16)19(27)12-3-5-21-18(7-12)26-10-22-23-11-26/h1-3,5,7-8,10-11,24H,4,6,9H2. The van der Waals surface area contributed by atoms with Gasteiger partial charge in [0, 0.05) is 58.5 Å². The number of fused-ring (bicyclic) bond motifs is 3. The van der Waals surface area contributed by atoms with Gasteiger partial charge in [-0.05, 0) is 30.3 Å². The van der Waals surface area contributed by atoms with Crippen molar-refractivity contribution in [1.82, 2.24) is 29.6 Å². The van der Waals surface area contributed by atoms with Crippen LogP contribution < -0.4 is 0 Å². The first kappa shape index (κ1) is 16.0. The molecule has 0 aliphatic carbocycles. The van der Waals surface area contributed by atoms with Crippen LogP contribution in [0.4, 0.5) is 0 Å². The Morgan fingerprint density at radius 3 is 2.85 bits per heavy atom. The van der Waals surface area contributed by atoms with Crippen LogP contribution in [0.15, 0.2) is 49.2 Å². The van der Waals surface area contributed by atoms with Gasteiger partial charge in [-0.2, -0.15) is 0 Å². The Morgan fingerprint density at radius 2 is 2.00 bits per heavy atom. The molecule has 1 N–H and O–H groups in total. The number of hydrogen-bond donors (Lipinski definition) is 1. The molecule has 0 unspecified atom stereocenters. The van der Waals surface area contributed by atoms with Gasteiger partial charge in [0.15, 0.2) is 0 Å². The zero-order valence-electron chi connectivity index (χ0n) is 14.3. The molecule has 0 atom stereocenters. The summed E-state index contributed by atoms with van der Waals surface area (Å²) in [5, 5.41) is 9.34. The van der Waals surface area contributed by atoms with Crippen molar-refractivity contribution in [2.24, 2.45) is 0 Å². The van der Waals surface area contributed by atoms with Crippen LogP contribution in [-0.4, -0.2) is 42.1 Å². The number of aromatic amines is 1. The maximum atomic E-state index is 13.1. The topological polar surface area (TPSA) is 79.7 Å². The summed E-state index contributed by atoms with van der Waals surface area (Å²) in [4.78, 5) is 22.7. The summed E-state index contributed by atoms with van der Waals surface area (Å²) in [6.07, 6.45) is 5.53. The Balaban J connectivity index is 1.46. The molecular weight excluding hydrogens is 364 g/mol. The van der Waals surface area contributed by atoms with E-state index < -0.39 is 0 Å². The van der Waals surface area contributed by atoms with E-state index in [0.29, 0.717) is 29.5 Å². The van der Waals surface area contributed by atoms with E-state index in [1.807, 2.05) is 23.1 Å². The molecule has 4 aromatic rings. The van der Waals surface area contributed by atoms with Gasteiger partial charge in [-0.3, -0.25) is 9.36 Å². The number of aromatic nitrogens is 5. The zero-order valence-corrected chi connectivity index (χ0v) is 15.0. The van der Waals surface area contributed by atoms with Crippen LogP contribution in [0.25, 0.3) is 16.7 Å². The molecule has 1 amide bonds. The highest BCUT2D eigenvalue weighted by Gasteiger charge is 2.25. The monoisotopic (exact) mass is 378 g/mol. The van der Waals surface area contributed by atoms with E-state index in [0.717, 1.165) is 22.9 Å². The lowest BCUT2D eigenvalue weighted by Crippen LogP contribution is -2.35. The third-order valence-electron chi connectivity index (χ3n) is 4.90. The minimum absolute atomic E-state index is 0.0197. The summed E-state index contributed by atoms with van der Waals surface area (Å²) in [6, 6.07) is 9.30. The van der Waals surface area contributed by atoms with Crippen molar-refractivity contribution in [3.05, 3.63) is 71.0 Å². The number of halogens is 1. The van der Waals surface area contributed by atoms with Gasteiger partial charge in [-0.15, -0.1) is 10.2 Å². The second kappa shape index (κ2) is 6.21. The van der Waals surface area contributed by atoms with Gasteiger partial charge in [0.25, 0.3) is 5.91 Å². The maximum absolute atomic E-state index is 13.1. The minimum atomic E-state index is -0.0197. The molecule has 1 aliphatic heterocycles. The molecule has 8 heteroatoms. The third kappa shape index (κ3) is 2.76. The van der Waals surface area contributed by atoms with Gasteiger partial charge in [0.05, 0.1) is 0 Å². The van der Waals surface area contributed by atoms with Crippen molar-refractivity contribution in [2.45, 2.75) is 13.0 Å². The molecule has 134 valence electrons. The largest absolute Gasteiger partial charge is 0.358 e. The summed E-state index contributed by atoms with van der Waals surface area (Å²) in [6.45, 7) is 1.22. The van der Waals surface area contributed by atoms with Crippen LogP contribution in [0.3, 0.4) is 0 Å². The van der Waals surface area contributed by atoms with E-state index in [-0.39, 0.29) is 5.91 Å². The first-order valence-electron chi connectivity index (χ1n) is 8.58. The maximum Gasteiger partial charge on any atom is 0.254 e. The van der Waals surface area contributed by atoms with Gasteiger partial charge in [-0.1, -0.05) is 11.6 Å². The number of benzene rings is 1.